The standard InChI is InChI=1S/C19H17FN2O3/c1-25-17-10-13(22(23)24)9-16-14-3-2-4-15(14)18(21-19(16)17)11-5-7-12(20)8-6-11/h2-3,5-10,14-15,18,21H,4H2,1H3/t14?,15?,18-/m1/s1. The molecule has 0 aromatic heterocycles. The molecule has 128 valence electrons. The lowest BCUT2D eigenvalue weighted by atomic mass is 9.76. The number of allylic oxidation sites excluding steroid dienone is 2. The number of benzene rings is 2. The highest BCUT2D eigenvalue weighted by Gasteiger charge is 2.40. The Bertz CT molecular complexity index is 864. The molecule has 25 heavy (non-hydrogen) atoms. The number of methoxy groups -OCH3 is 1. The van der Waals surface area contributed by atoms with Crippen molar-refractivity contribution in [2.24, 2.45) is 5.92 Å². The number of hydrogen-bond acceptors (Lipinski definition) is 4. The Hall–Kier alpha value is -2.89. The topological polar surface area (TPSA) is 64.4 Å². The van der Waals surface area contributed by atoms with Crippen LogP contribution in [0, 0.1) is 21.8 Å². The normalized spacial score (nSPS) is 23.5. The minimum atomic E-state index is -0.400. The van der Waals surface area contributed by atoms with Gasteiger partial charge in [0, 0.05) is 12.0 Å². The highest BCUT2D eigenvalue weighted by molar-refractivity contribution is 5.71. The van der Waals surface area contributed by atoms with Crippen LogP contribution in [0.25, 0.3) is 0 Å². The maximum Gasteiger partial charge on any atom is 0.273 e. The van der Waals surface area contributed by atoms with Crippen molar-refractivity contribution in [1.82, 2.24) is 0 Å². The van der Waals surface area contributed by atoms with Gasteiger partial charge in [-0.1, -0.05) is 24.3 Å². The molecule has 5 nitrogen and oxygen atoms in total. The molecular weight excluding hydrogens is 323 g/mol. The summed E-state index contributed by atoms with van der Waals surface area (Å²) in [4.78, 5) is 10.8. The van der Waals surface area contributed by atoms with E-state index in [4.69, 9.17) is 4.74 Å². The lowest BCUT2D eigenvalue weighted by molar-refractivity contribution is -0.385. The third-order valence-corrected chi connectivity index (χ3v) is 5.08. The van der Waals surface area contributed by atoms with Gasteiger partial charge in [-0.15, -0.1) is 0 Å². The van der Waals surface area contributed by atoms with E-state index < -0.39 is 4.92 Å². The molecule has 6 heteroatoms. The summed E-state index contributed by atoms with van der Waals surface area (Å²) in [6, 6.07) is 9.53. The lowest BCUT2D eigenvalue weighted by Crippen LogP contribution is -2.29. The molecule has 2 aromatic rings. The van der Waals surface area contributed by atoms with Crippen molar-refractivity contribution >= 4 is 11.4 Å². The van der Waals surface area contributed by atoms with Crippen LogP contribution in [0.1, 0.15) is 29.5 Å². The van der Waals surface area contributed by atoms with Crippen molar-refractivity contribution in [2.45, 2.75) is 18.4 Å². The summed E-state index contributed by atoms with van der Waals surface area (Å²) in [7, 11) is 1.50. The molecule has 3 atom stereocenters. The van der Waals surface area contributed by atoms with Gasteiger partial charge in [0.2, 0.25) is 0 Å². The Balaban J connectivity index is 1.84. The van der Waals surface area contributed by atoms with Crippen LogP contribution in [0.5, 0.6) is 5.75 Å². The molecule has 2 aromatic carbocycles. The van der Waals surface area contributed by atoms with Crippen LogP contribution in [0.4, 0.5) is 15.8 Å². The molecule has 4 rings (SSSR count). The smallest absolute Gasteiger partial charge is 0.273 e. The molecule has 2 aliphatic rings. The Morgan fingerprint density at radius 1 is 1.28 bits per heavy atom. The molecule has 0 spiro atoms. The van der Waals surface area contributed by atoms with Gasteiger partial charge in [0.25, 0.3) is 5.69 Å². The van der Waals surface area contributed by atoms with E-state index in [1.807, 2.05) is 0 Å². The van der Waals surface area contributed by atoms with Gasteiger partial charge in [0.05, 0.1) is 29.8 Å². The number of halogens is 1. The van der Waals surface area contributed by atoms with Crippen LogP contribution in [-0.2, 0) is 0 Å². The maximum atomic E-state index is 13.3. The van der Waals surface area contributed by atoms with Crippen molar-refractivity contribution in [2.75, 3.05) is 12.4 Å². The first-order valence-electron chi connectivity index (χ1n) is 8.13. The summed E-state index contributed by atoms with van der Waals surface area (Å²) in [6.45, 7) is 0. The van der Waals surface area contributed by atoms with Crippen LogP contribution in [0.2, 0.25) is 0 Å². The van der Waals surface area contributed by atoms with Crippen LogP contribution in [-0.4, -0.2) is 12.0 Å². The SMILES string of the molecule is COc1cc([N+](=O)[O-])cc2c1N[C@H](c1ccc(F)cc1)C1CC=CC21. The van der Waals surface area contributed by atoms with Gasteiger partial charge in [-0.3, -0.25) is 10.1 Å². The van der Waals surface area contributed by atoms with Crippen LogP contribution in [0.3, 0.4) is 0 Å². The number of nitrogens with one attached hydrogen (secondary N) is 1. The summed E-state index contributed by atoms with van der Waals surface area (Å²) in [5.74, 6) is 0.481. The maximum absolute atomic E-state index is 13.3. The van der Waals surface area contributed by atoms with Crippen molar-refractivity contribution in [3.63, 3.8) is 0 Å². The van der Waals surface area contributed by atoms with E-state index in [0.717, 1.165) is 23.2 Å². The van der Waals surface area contributed by atoms with E-state index in [-0.39, 0.29) is 29.4 Å². The van der Waals surface area contributed by atoms with E-state index in [1.54, 1.807) is 18.2 Å². The first-order chi connectivity index (χ1) is 12.1. The number of nitro groups is 1. The second-order valence-corrected chi connectivity index (χ2v) is 6.40. The van der Waals surface area contributed by atoms with Crippen molar-refractivity contribution in [3.05, 3.63) is 75.6 Å². The summed E-state index contributed by atoms with van der Waals surface area (Å²) < 4.78 is 18.7. The first-order valence-corrected chi connectivity index (χ1v) is 8.13. The molecule has 1 heterocycles. The Morgan fingerprint density at radius 2 is 2.04 bits per heavy atom. The van der Waals surface area contributed by atoms with Gasteiger partial charge < -0.3 is 10.1 Å². The van der Waals surface area contributed by atoms with E-state index in [2.05, 4.69) is 17.5 Å². The summed E-state index contributed by atoms with van der Waals surface area (Å²) in [5.41, 5.74) is 2.67. The monoisotopic (exact) mass is 340 g/mol. The highest BCUT2D eigenvalue weighted by atomic mass is 19.1. The zero-order valence-electron chi connectivity index (χ0n) is 13.6. The quantitative estimate of drug-likeness (QED) is 0.505. The van der Waals surface area contributed by atoms with Gasteiger partial charge in [0.15, 0.2) is 0 Å². The molecule has 0 fully saturated rings. The lowest BCUT2D eigenvalue weighted by Gasteiger charge is -2.38. The zero-order chi connectivity index (χ0) is 17.6. The van der Waals surface area contributed by atoms with Crippen molar-refractivity contribution in [3.8, 4) is 5.75 Å². The van der Waals surface area contributed by atoms with E-state index in [9.17, 15) is 14.5 Å². The predicted octanol–water partition coefficient (Wildman–Crippen LogP) is 4.57. The third kappa shape index (κ3) is 2.54. The van der Waals surface area contributed by atoms with Crippen LogP contribution in [0.15, 0.2) is 48.6 Å². The fourth-order valence-corrected chi connectivity index (χ4v) is 3.92. The van der Waals surface area contributed by atoms with Crippen molar-refractivity contribution in [1.29, 1.82) is 0 Å². The molecule has 0 radical (unpaired) electrons. The van der Waals surface area contributed by atoms with E-state index in [1.165, 1.54) is 25.3 Å². The number of non-ortho nitro benzene ring substituents is 1. The number of ether oxygens (including phenoxy) is 1. The minimum absolute atomic E-state index is 0.0107. The molecule has 2 unspecified atom stereocenters. The minimum Gasteiger partial charge on any atom is -0.494 e. The van der Waals surface area contributed by atoms with E-state index in [0.29, 0.717) is 5.75 Å². The first kappa shape index (κ1) is 15.6. The zero-order valence-corrected chi connectivity index (χ0v) is 13.6. The summed E-state index contributed by atoms with van der Waals surface area (Å²) in [6.07, 6.45) is 5.07. The Labute approximate surface area is 144 Å². The molecule has 1 aliphatic heterocycles. The number of nitrogens with zero attached hydrogens (tertiary/aromatic N) is 1. The predicted molar refractivity (Wildman–Crippen MR) is 92.4 cm³/mol. The molecule has 0 amide bonds. The number of nitro benzene ring substituents is 1. The van der Waals surface area contributed by atoms with Gasteiger partial charge in [-0.25, -0.2) is 4.39 Å². The molecular formula is C19H17FN2O3. The largest absolute Gasteiger partial charge is 0.494 e. The van der Waals surface area contributed by atoms with Gasteiger partial charge in [-0.2, -0.15) is 0 Å². The number of rotatable bonds is 3. The summed E-state index contributed by atoms with van der Waals surface area (Å²) >= 11 is 0. The second kappa shape index (κ2) is 5.88. The number of anilines is 1. The highest BCUT2D eigenvalue weighted by Crippen LogP contribution is 2.53. The summed E-state index contributed by atoms with van der Waals surface area (Å²) in [5, 5.41) is 14.7. The molecule has 1 N–H and O–H groups in total. The average Bonchev–Trinajstić information content (AvgIpc) is 3.10. The number of hydrogen-bond donors (Lipinski definition) is 1. The van der Waals surface area contributed by atoms with Gasteiger partial charge >= 0.3 is 0 Å². The molecule has 0 bridgehead atoms. The second-order valence-electron chi connectivity index (χ2n) is 6.40. The van der Waals surface area contributed by atoms with Gasteiger partial charge in [0.1, 0.15) is 11.6 Å². The van der Waals surface area contributed by atoms with E-state index >= 15 is 0 Å². The average molecular weight is 340 g/mol. The van der Waals surface area contributed by atoms with Crippen LogP contribution < -0.4 is 10.1 Å². The van der Waals surface area contributed by atoms with Gasteiger partial charge in [-0.05, 0) is 35.6 Å². The third-order valence-electron chi connectivity index (χ3n) is 5.08. The Morgan fingerprint density at radius 3 is 2.72 bits per heavy atom. The molecule has 0 saturated heterocycles. The van der Waals surface area contributed by atoms with Crippen LogP contribution >= 0.6 is 0 Å². The van der Waals surface area contributed by atoms with Crippen molar-refractivity contribution < 1.29 is 14.1 Å². The fourth-order valence-electron chi connectivity index (χ4n) is 3.92. The molecule has 1 aliphatic carbocycles. The molecule has 0 saturated carbocycles. The number of fused-ring (bicyclic) bond motifs is 3. The Kier molecular flexibility index (Phi) is 3.67. The fraction of sp³-hybridized carbons (Fsp3) is 0.263.